The maximum atomic E-state index is 5.12. The van der Waals surface area contributed by atoms with E-state index in [1.54, 1.807) is 0 Å². The Morgan fingerprint density at radius 3 is 2.86 bits per heavy atom. The summed E-state index contributed by atoms with van der Waals surface area (Å²) in [6, 6.07) is 3.95. The molecule has 1 aliphatic heterocycles. The van der Waals surface area contributed by atoms with Crippen LogP contribution < -0.4 is 5.32 Å². The average molecular weight is 209 g/mol. The lowest BCUT2D eigenvalue weighted by Gasteiger charge is -2.26. The lowest BCUT2D eigenvalue weighted by molar-refractivity contribution is 0.230. The fourth-order valence-corrected chi connectivity index (χ4v) is 1.90. The van der Waals surface area contributed by atoms with Crippen molar-refractivity contribution in [3.8, 4) is 0 Å². The molecule has 0 amide bonds. The molecule has 2 N–H and O–H groups in total. The van der Waals surface area contributed by atoms with Crippen LogP contribution >= 0.6 is 12.2 Å². The van der Waals surface area contributed by atoms with E-state index in [1.165, 1.54) is 5.69 Å². The van der Waals surface area contributed by atoms with E-state index in [2.05, 4.69) is 15.2 Å². The van der Waals surface area contributed by atoms with Gasteiger partial charge >= 0.3 is 0 Å². The topological polar surface area (TPSA) is 31.1 Å². The molecule has 1 aromatic rings. The summed E-state index contributed by atoms with van der Waals surface area (Å²) in [6.07, 6.45) is 1.92. The van der Waals surface area contributed by atoms with E-state index in [0.29, 0.717) is 0 Å². The third kappa shape index (κ3) is 2.64. The van der Waals surface area contributed by atoms with Gasteiger partial charge in [0.15, 0.2) is 0 Å². The van der Waals surface area contributed by atoms with Crippen LogP contribution in [0.25, 0.3) is 0 Å². The molecule has 0 atom stereocenters. The van der Waals surface area contributed by atoms with Gasteiger partial charge in [-0.15, -0.1) is 0 Å². The van der Waals surface area contributed by atoms with Crippen LogP contribution in [0.3, 0.4) is 0 Å². The van der Waals surface area contributed by atoms with E-state index in [0.717, 1.165) is 37.2 Å². The molecule has 0 radical (unpaired) electrons. The molecule has 1 saturated heterocycles. The van der Waals surface area contributed by atoms with Crippen LogP contribution in [0.4, 0.5) is 0 Å². The molecule has 0 spiro atoms. The van der Waals surface area contributed by atoms with E-state index >= 15 is 0 Å². The molecular formula is C10H15N3S. The monoisotopic (exact) mass is 209 g/mol. The Morgan fingerprint density at radius 2 is 2.14 bits per heavy atom. The Bertz CT molecular complexity index is 341. The average Bonchev–Trinajstić information content (AvgIpc) is 2.19. The molecule has 76 valence electrons. The fraction of sp³-hybridized carbons (Fsp3) is 0.500. The largest absolute Gasteiger partial charge is 0.364 e. The number of aromatic nitrogens is 1. The second-order valence-corrected chi connectivity index (χ2v) is 4.05. The zero-order valence-corrected chi connectivity index (χ0v) is 8.94. The first-order chi connectivity index (χ1) is 6.84. The number of piperazine rings is 1. The Labute approximate surface area is 89.1 Å². The zero-order valence-electron chi connectivity index (χ0n) is 8.12. The van der Waals surface area contributed by atoms with Gasteiger partial charge < -0.3 is 10.3 Å². The highest BCUT2D eigenvalue weighted by atomic mass is 32.1. The van der Waals surface area contributed by atoms with Crippen LogP contribution in [-0.2, 0) is 6.54 Å². The van der Waals surface area contributed by atoms with Gasteiger partial charge in [0.1, 0.15) is 0 Å². The van der Waals surface area contributed by atoms with Gasteiger partial charge in [-0.05, 0) is 12.1 Å². The standard InChI is InChI=1S/C10H15N3S/c14-10-1-2-12-9(7-10)8-13-5-3-11-4-6-13/h1-2,7,11H,3-6,8H2,(H,12,14). The van der Waals surface area contributed by atoms with E-state index in [-0.39, 0.29) is 0 Å². The van der Waals surface area contributed by atoms with Crippen molar-refractivity contribution in [1.29, 1.82) is 0 Å². The second kappa shape index (κ2) is 4.68. The van der Waals surface area contributed by atoms with Crippen molar-refractivity contribution in [3.05, 3.63) is 28.5 Å². The Kier molecular flexibility index (Phi) is 3.29. The number of pyridine rings is 1. The van der Waals surface area contributed by atoms with Gasteiger partial charge in [0, 0.05) is 49.1 Å². The van der Waals surface area contributed by atoms with Crippen molar-refractivity contribution in [2.75, 3.05) is 26.2 Å². The van der Waals surface area contributed by atoms with Crippen molar-refractivity contribution in [2.24, 2.45) is 0 Å². The first-order valence-electron chi connectivity index (χ1n) is 4.95. The summed E-state index contributed by atoms with van der Waals surface area (Å²) in [5, 5.41) is 3.34. The van der Waals surface area contributed by atoms with Crippen molar-refractivity contribution >= 4 is 12.2 Å². The highest BCUT2D eigenvalue weighted by Gasteiger charge is 2.09. The van der Waals surface area contributed by atoms with Gasteiger partial charge in [-0.1, -0.05) is 12.2 Å². The van der Waals surface area contributed by atoms with E-state index < -0.39 is 0 Å². The Morgan fingerprint density at radius 1 is 1.36 bits per heavy atom. The highest BCUT2D eigenvalue weighted by Crippen LogP contribution is 2.02. The molecule has 1 fully saturated rings. The molecule has 3 nitrogen and oxygen atoms in total. The quantitative estimate of drug-likeness (QED) is 0.716. The lowest BCUT2D eigenvalue weighted by atomic mass is 10.3. The predicted molar refractivity (Wildman–Crippen MR) is 59.8 cm³/mol. The van der Waals surface area contributed by atoms with Crippen LogP contribution in [0.1, 0.15) is 5.69 Å². The zero-order chi connectivity index (χ0) is 9.80. The van der Waals surface area contributed by atoms with Gasteiger partial charge in [0.05, 0.1) is 0 Å². The lowest BCUT2D eigenvalue weighted by Crippen LogP contribution is -2.43. The fourth-order valence-electron chi connectivity index (χ4n) is 1.69. The Hall–Kier alpha value is -0.710. The molecular weight excluding hydrogens is 194 g/mol. The van der Waals surface area contributed by atoms with Gasteiger partial charge in [-0.2, -0.15) is 0 Å². The normalized spacial score (nSPS) is 18.3. The molecule has 0 bridgehead atoms. The minimum atomic E-state index is 0.911. The van der Waals surface area contributed by atoms with E-state index in [1.807, 2.05) is 18.3 Å². The molecule has 0 saturated carbocycles. The summed E-state index contributed by atoms with van der Waals surface area (Å²) in [5.41, 5.74) is 1.21. The number of rotatable bonds is 2. The summed E-state index contributed by atoms with van der Waals surface area (Å²) in [7, 11) is 0. The first-order valence-corrected chi connectivity index (χ1v) is 5.36. The third-order valence-corrected chi connectivity index (χ3v) is 2.69. The predicted octanol–water partition coefficient (Wildman–Crippen LogP) is 1.15. The van der Waals surface area contributed by atoms with Gasteiger partial charge in [0.2, 0.25) is 0 Å². The summed E-state index contributed by atoms with van der Waals surface area (Å²) >= 11 is 5.12. The molecule has 0 aromatic carbocycles. The summed E-state index contributed by atoms with van der Waals surface area (Å²) in [6.45, 7) is 5.40. The Balaban J connectivity index is 1.99. The second-order valence-electron chi connectivity index (χ2n) is 3.58. The molecule has 2 heterocycles. The molecule has 0 aliphatic carbocycles. The van der Waals surface area contributed by atoms with Crippen LogP contribution in [0.5, 0.6) is 0 Å². The van der Waals surface area contributed by atoms with Crippen molar-refractivity contribution in [2.45, 2.75) is 6.54 Å². The maximum Gasteiger partial charge on any atom is 0.0409 e. The van der Waals surface area contributed by atoms with Crippen molar-refractivity contribution < 1.29 is 0 Å². The number of nitrogens with one attached hydrogen (secondary N) is 2. The van der Waals surface area contributed by atoms with Crippen molar-refractivity contribution in [1.82, 2.24) is 15.2 Å². The van der Waals surface area contributed by atoms with Crippen LogP contribution in [0, 0.1) is 4.51 Å². The van der Waals surface area contributed by atoms with Crippen LogP contribution in [-0.4, -0.2) is 36.1 Å². The number of H-pyrrole nitrogens is 1. The summed E-state index contributed by atoms with van der Waals surface area (Å²) in [5.74, 6) is 0. The summed E-state index contributed by atoms with van der Waals surface area (Å²) < 4.78 is 0.911. The molecule has 4 heteroatoms. The maximum absolute atomic E-state index is 5.12. The smallest absolute Gasteiger partial charge is 0.0409 e. The number of hydrogen-bond donors (Lipinski definition) is 2. The van der Waals surface area contributed by atoms with Crippen LogP contribution in [0.2, 0.25) is 0 Å². The minimum absolute atomic E-state index is 0.911. The molecule has 1 aliphatic rings. The molecule has 1 aromatic heterocycles. The van der Waals surface area contributed by atoms with Crippen LogP contribution in [0.15, 0.2) is 18.3 Å². The number of nitrogens with zero attached hydrogens (tertiary/aromatic N) is 1. The number of hydrogen-bond acceptors (Lipinski definition) is 3. The van der Waals surface area contributed by atoms with Gasteiger partial charge in [0.25, 0.3) is 0 Å². The van der Waals surface area contributed by atoms with E-state index in [4.69, 9.17) is 12.2 Å². The molecule has 0 unspecified atom stereocenters. The number of aromatic amines is 1. The first kappa shape index (κ1) is 9.83. The van der Waals surface area contributed by atoms with E-state index in [9.17, 15) is 0 Å². The molecule has 14 heavy (non-hydrogen) atoms. The minimum Gasteiger partial charge on any atom is -0.364 e. The summed E-state index contributed by atoms with van der Waals surface area (Å²) in [4.78, 5) is 5.66. The third-order valence-electron chi connectivity index (χ3n) is 2.44. The van der Waals surface area contributed by atoms with Gasteiger partial charge in [-0.25, -0.2) is 0 Å². The highest BCUT2D eigenvalue weighted by molar-refractivity contribution is 7.71. The SMILES string of the molecule is S=c1cc[nH]c(CN2CCNCC2)c1. The van der Waals surface area contributed by atoms with Gasteiger partial charge in [-0.3, -0.25) is 4.90 Å². The van der Waals surface area contributed by atoms with Crippen molar-refractivity contribution in [3.63, 3.8) is 0 Å². The molecule has 2 rings (SSSR count).